The van der Waals surface area contributed by atoms with Crippen LogP contribution in [0.5, 0.6) is 0 Å². The average molecular weight is 410 g/mol. The quantitative estimate of drug-likeness (QED) is 0.640. The van der Waals surface area contributed by atoms with Gasteiger partial charge in [0.05, 0.1) is 17.9 Å². The summed E-state index contributed by atoms with van der Waals surface area (Å²) in [5, 5.41) is 11.6. The molecule has 1 amide bonds. The fourth-order valence-electron chi connectivity index (χ4n) is 2.12. The van der Waals surface area contributed by atoms with Gasteiger partial charge in [0.25, 0.3) is 0 Å². The summed E-state index contributed by atoms with van der Waals surface area (Å²) in [5.74, 6) is -2.14. The molecule has 2 N–H and O–H groups in total. The molecule has 1 atom stereocenters. The fraction of sp³-hybridized carbons (Fsp3) is 0.294. The topological polar surface area (TPSA) is 123 Å². The number of nitrogens with one attached hydrogen (secondary N) is 1. The Labute approximate surface area is 162 Å². The lowest BCUT2D eigenvalue weighted by Gasteiger charge is -2.04. The van der Waals surface area contributed by atoms with Crippen molar-refractivity contribution in [2.45, 2.75) is 19.6 Å². The Morgan fingerprint density at radius 3 is 2.52 bits per heavy atom. The van der Waals surface area contributed by atoms with Gasteiger partial charge in [-0.05, 0) is 31.5 Å². The molecule has 0 bridgehead atoms. The number of thiazole rings is 1. The van der Waals surface area contributed by atoms with Crippen LogP contribution in [0.2, 0.25) is 0 Å². The van der Waals surface area contributed by atoms with E-state index in [0.717, 1.165) is 11.3 Å². The molecule has 10 heteroatoms. The Morgan fingerprint density at radius 2 is 1.93 bits per heavy atom. The van der Waals surface area contributed by atoms with Gasteiger partial charge in [-0.2, -0.15) is 0 Å². The van der Waals surface area contributed by atoms with Gasteiger partial charge >= 0.3 is 11.9 Å². The van der Waals surface area contributed by atoms with Crippen LogP contribution >= 0.6 is 11.3 Å². The second kappa shape index (κ2) is 9.38. The van der Waals surface area contributed by atoms with Gasteiger partial charge in [0.1, 0.15) is 10.6 Å². The van der Waals surface area contributed by atoms with Crippen molar-refractivity contribution in [1.82, 2.24) is 4.98 Å². The average Bonchev–Trinajstić information content (AvgIpc) is 2.95. The lowest BCUT2D eigenvalue weighted by molar-refractivity contribution is -0.113. The molecular weight excluding hydrogens is 392 g/mol. The zero-order valence-corrected chi connectivity index (χ0v) is 16.3. The van der Waals surface area contributed by atoms with E-state index in [9.17, 15) is 18.6 Å². The number of hydrogen-bond donors (Lipinski definition) is 2. The van der Waals surface area contributed by atoms with Crippen LogP contribution in [-0.4, -0.2) is 44.5 Å². The van der Waals surface area contributed by atoms with Gasteiger partial charge in [-0.15, -0.1) is 0 Å². The lowest BCUT2D eigenvalue weighted by atomic mass is 10.1. The number of carboxylic acids is 1. The SMILES string of the molecule is CCOC(=O)c1sc(NC(=O)CS(=O)Cc2ccc(C(=O)O)cc2)nc1C. The van der Waals surface area contributed by atoms with Gasteiger partial charge in [0.15, 0.2) is 5.13 Å². The summed E-state index contributed by atoms with van der Waals surface area (Å²) >= 11 is 0.999. The third-order valence-corrected chi connectivity index (χ3v) is 5.62. The molecule has 0 spiro atoms. The molecule has 144 valence electrons. The predicted octanol–water partition coefficient (Wildman–Crippen LogP) is 2.21. The maximum atomic E-state index is 12.1. The highest BCUT2D eigenvalue weighted by Crippen LogP contribution is 2.23. The second-order valence-electron chi connectivity index (χ2n) is 5.43. The highest BCUT2D eigenvalue weighted by atomic mass is 32.2. The Hall–Kier alpha value is -2.59. The van der Waals surface area contributed by atoms with Crippen LogP contribution in [0.1, 0.15) is 38.2 Å². The summed E-state index contributed by atoms with van der Waals surface area (Å²) in [4.78, 5) is 39.0. The maximum Gasteiger partial charge on any atom is 0.350 e. The second-order valence-corrected chi connectivity index (χ2v) is 7.89. The first-order valence-corrected chi connectivity index (χ1v) is 10.2. The number of rotatable bonds is 8. The molecule has 8 nitrogen and oxygen atoms in total. The van der Waals surface area contributed by atoms with E-state index in [-0.39, 0.29) is 28.8 Å². The Bertz CT molecular complexity index is 876. The van der Waals surface area contributed by atoms with E-state index in [4.69, 9.17) is 9.84 Å². The summed E-state index contributed by atoms with van der Waals surface area (Å²) in [7, 11) is -1.48. The number of carbonyl (C=O) groups excluding carboxylic acids is 2. The van der Waals surface area contributed by atoms with Gasteiger partial charge < -0.3 is 15.2 Å². The number of carbonyl (C=O) groups is 3. The van der Waals surface area contributed by atoms with Gasteiger partial charge in [0.2, 0.25) is 5.91 Å². The third kappa shape index (κ3) is 5.97. The highest BCUT2D eigenvalue weighted by molar-refractivity contribution is 7.85. The number of ether oxygens (including phenoxy) is 1. The van der Waals surface area contributed by atoms with Crippen molar-refractivity contribution in [2.24, 2.45) is 0 Å². The molecular formula is C17H18N2O6S2. The van der Waals surface area contributed by atoms with Crippen molar-refractivity contribution in [3.05, 3.63) is 46.0 Å². The van der Waals surface area contributed by atoms with E-state index in [1.54, 1.807) is 26.0 Å². The van der Waals surface area contributed by atoms with Crippen molar-refractivity contribution in [1.29, 1.82) is 0 Å². The monoisotopic (exact) mass is 410 g/mol. The van der Waals surface area contributed by atoms with Gasteiger partial charge in [0, 0.05) is 16.6 Å². The summed E-state index contributed by atoms with van der Waals surface area (Å²) in [5.41, 5.74) is 1.26. The molecule has 0 aliphatic carbocycles. The zero-order valence-electron chi connectivity index (χ0n) is 14.7. The predicted molar refractivity (Wildman–Crippen MR) is 102 cm³/mol. The summed E-state index contributed by atoms with van der Waals surface area (Å²) in [6, 6.07) is 5.97. The molecule has 0 radical (unpaired) electrons. The molecule has 0 aliphatic rings. The molecule has 1 unspecified atom stereocenters. The van der Waals surface area contributed by atoms with E-state index < -0.39 is 28.6 Å². The maximum absolute atomic E-state index is 12.1. The summed E-state index contributed by atoms with van der Waals surface area (Å²) < 4.78 is 17.1. The normalized spacial score (nSPS) is 11.6. The minimum Gasteiger partial charge on any atom is -0.478 e. The van der Waals surface area contributed by atoms with Crippen molar-refractivity contribution in [3.63, 3.8) is 0 Å². The third-order valence-electron chi connectivity index (χ3n) is 3.32. The van der Waals surface area contributed by atoms with Crippen LogP contribution in [0.4, 0.5) is 5.13 Å². The Morgan fingerprint density at radius 1 is 1.26 bits per heavy atom. The first-order chi connectivity index (χ1) is 12.8. The number of aromatic nitrogens is 1. The van der Waals surface area contributed by atoms with E-state index in [1.165, 1.54) is 12.1 Å². The van der Waals surface area contributed by atoms with Crippen molar-refractivity contribution < 1.29 is 28.4 Å². The first-order valence-electron chi connectivity index (χ1n) is 7.91. The molecule has 2 aromatic rings. The molecule has 1 aromatic heterocycles. The van der Waals surface area contributed by atoms with E-state index in [2.05, 4.69) is 10.3 Å². The minimum absolute atomic E-state index is 0.123. The molecule has 1 heterocycles. The first kappa shape index (κ1) is 20.7. The van der Waals surface area contributed by atoms with E-state index in [1.807, 2.05) is 0 Å². The minimum atomic E-state index is -1.48. The Balaban J connectivity index is 1.91. The van der Waals surface area contributed by atoms with Crippen LogP contribution < -0.4 is 5.32 Å². The smallest absolute Gasteiger partial charge is 0.350 e. The van der Waals surface area contributed by atoms with Gasteiger partial charge in [-0.3, -0.25) is 9.00 Å². The molecule has 0 saturated carbocycles. The number of anilines is 1. The molecule has 2 rings (SSSR count). The van der Waals surface area contributed by atoms with E-state index >= 15 is 0 Å². The Kier molecular flexibility index (Phi) is 7.19. The number of carboxylic acid groups (broad SMARTS) is 1. The van der Waals surface area contributed by atoms with Crippen LogP contribution in [0.3, 0.4) is 0 Å². The van der Waals surface area contributed by atoms with Crippen LogP contribution in [0.15, 0.2) is 24.3 Å². The number of benzene rings is 1. The van der Waals surface area contributed by atoms with Gasteiger partial charge in [-0.1, -0.05) is 23.5 Å². The number of aryl methyl sites for hydroxylation is 1. The van der Waals surface area contributed by atoms with E-state index in [0.29, 0.717) is 16.1 Å². The standard InChI is InChI=1S/C17H18N2O6S2/c1-3-25-16(23)14-10(2)18-17(26-14)19-13(20)9-27(24)8-11-4-6-12(7-5-11)15(21)22/h4-7H,3,8-9H2,1-2H3,(H,21,22)(H,18,19,20). The number of esters is 1. The molecule has 0 aliphatic heterocycles. The number of nitrogens with zero attached hydrogens (tertiary/aromatic N) is 1. The lowest BCUT2D eigenvalue weighted by Crippen LogP contribution is -2.20. The van der Waals surface area contributed by atoms with Crippen molar-refractivity contribution >= 4 is 45.1 Å². The van der Waals surface area contributed by atoms with Crippen LogP contribution in [0, 0.1) is 6.92 Å². The largest absolute Gasteiger partial charge is 0.478 e. The van der Waals surface area contributed by atoms with Crippen molar-refractivity contribution in [3.8, 4) is 0 Å². The number of amides is 1. The molecule has 0 fully saturated rings. The number of hydrogen-bond acceptors (Lipinski definition) is 7. The molecule has 1 aromatic carbocycles. The number of aromatic carboxylic acids is 1. The van der Waals surface area contributed by atoms with Gasteiger partial charge in [-0.25, -0.2) is 14.6 Å². The zero-order chi connectivity index (χ0) is 20.0. The van der Waals surface area contributed by atoms with Crippen LogP contribution in [0.25, 0.3) is 0 Å². The fourth-order valence-corrected chi connectivity index (χ4v) is 4.03. The van der Waals surface area contributed by atoms with Crippen LogP contribution in [-0.2, 0) is 26.1 Å². The molecule has 27 heavy (non-hydrogen) atoms. The molecule has 0 saturated heterocycles. The highest BCUT2D eigenvalue weighted by Gasteiger charge is 2.18. The van der Waals surface area contributed by atoms with Crippen molar-refractivity contribution in [2.75, 3.05) is 17.7 Å². The summed E-state index contributed by atoms with van der Waals surface area (Å²) in [6.07, 6.45) is 0. The summed E-state index contributed by atoms with van der Waals surface area (Å²) in [6.45, 7) is 3.57.